The largest absolute Gasteiger partial charge is 0.486 e. The number of fused-ring (bicyclic) bond motifs is 1. The van der Waals surface area contributed by atoms with Gasteiger partial charge >= 0.3 is 0 Å². The molecule has 0 aromatic heterocycles. The topological polar surface area (TPSA) is 44.5 Å². The standard InChI is InChI=1S/C14H20BrNO2/c1-8(2)11-9(14(3,4)16)7-10(15)12-13(11)18-6-5-17-12/h7-8H,5-6,16H2,1-4H3. The Kier molecular flexibility index (Phi) is 3.60. The number of nitrogens with two attached hydrogens (primary N) is 1. The first kappa shape index (κ1) is 13.7. The van der Waals surface area contributed by atoms with Gasteiger partial charge in [-0.25, -0.2) is 0 Å². The molecule has 4 heteroatoms. The molecular formula is C14H20BrNO2. The smallest absolute Gasteiger partial charge is 0.175 e. The molecule has 0 saturated carbocycles. The molecule has 0 amide bonds. The third kappa shape index (κ3) is 2.36. The van der Waals surface area contributed by atoms with Gasteiger partial charge in [-0.3, -0.25) is 0 Å². The Balaban J connectivity index is 2.72. The number of ether oxygens (including phenoxy) is 2. The third-order valence-electron chi connectivity index (χ3n) is 3.08. The highest BCUT2D eigenvalue weighted by Crippen LogP contribution is 2.47. The molecule has 0 radical (unpaired) electrons. The van der Waals surface area contributed by atoms with Gasteiger partial charge in [0.15, 0.2) is 11.5 Å². The van der Waals surface area contributed by atoms with E-state index >= 15 is 0 Å². The van der Waals surface area contributed by atoms with Crippen LogP contribution in [0.25, 0.3) is 0 Å². The maximum atomic E-state index is 6.28. The molecule has 0 saturated heterocycles. The van der Waals surface area contributed by atoms with Gasteiger partial charge < -0.3 is 15.2 Å². The van der Waals surface area contributed by atoms with E-state index in [2.05, 4.69) is 35.8 Å². The van der Waals surface area contributed by atoms with Crippen LogP contribution >= 0.6 is 15.9 Å². The molecule has 0 spiro atoms. The first-order valence-corrected chi connectivity index (χ1v) is 7.03. The summed E-state index contributed by atoms with van der Waals surface area (Å²) in [5.41, 5.74) is 8.13. The van der Waals surface area contributed by atoms with E-state index in [4.69, 9.17) is 15.2 Å². The van der Waals surface area contributed by atoms with Crippen molar-refractivity contribution in [3.8, 4) is 11.5 Å². The fraction of sp³-hybridized carbons (Fsp3) is 0.571. The van der Waals surface area contributed by atoms with Crippen molar-refractivity contribution in [1.29, 1.82) is 0 Å². The Morgan fingerprint density at radius 1 is 1.22 bits per heavy atom. The number of rotatable bonds is 2. The Morgan fingerprint density at radius 3 is 2.28 bits per heavy atom. The van der Waals surface area contributed by atoms with Crippen molar-refractivity contribution < 1.29 is 9.47 Å². The van der Waals surface area contributed by atoms with Gasteiger partial charge in [-0.1, -0.05) is 13.8 Å². The maximum absolute atomic E-state index is 6.28. The van der Waals surface area contributed by atoms with Crippen LogP contribution in [0.3, 0.4) is 0 Å². The molecule has 3 nitrogen and oxygen atoms in total. The van der Waals surface area contributed by atoms with Crippen LogP contribution in [-0.2, 0) is 5.54 Å². The van der Waals surface area contributed by atoms with Crippen molar-refractivity contribution >= 4 is 15.9 Å². The molecule has 0 aliphatic carbocycles. The van der Waals surface area contributed by atoms with E-state index in [1.54, 1.807) is 0 Å². The van der Waals surface area contributed by atoms with E-state index in [9.17, 15) is 0 Å². The van der Waals surface area contributed by atoms with Gasteiger partial charge in [0.1, 0.15) is 13.2 Å². The number of benzene rings is 1. The highest BCUT2D eigenvalue weighted by Gasteiger charge is 2.29. The average molecular weight is 314 g/mol. The van der Waals surface area contributed by atoms with Crippen molar-refractivity contribution in [1.82, 2.24) is 0 Å². The molecule has 1 aliphatic heterocycles. The summed E-state index contributed by atoms with van der Waals surface area (Å²) in [7, 11) is 0. The van der Waals surface area contributed by atoms with E-state index in [0.717, 1.165) is 27.1 Å². The Labute approximate surface area is 117 Å². The molecule has 0 unspecified atom stereocenters. The van der Waals surface area contributed by atoms with Crippen LogP contribution in [0.4, 0.5) is 0 Å². The molecule has 2 N–H and O–H groups in total. The second-order valence-electron chi connectivity index (χ2n) is 5.55. The van der Waals surface area contributed by atoms with E-state index < -0.39 is 5.54 Å². The van der Waals surface area contributed by atoms with E-state index in [0.29, 0.717) is 19.1 Å². The summed E-state index contributed by atoms with van der Waals surface area (Å²) in [6.07, 6.45) is 0. The van der Waals surface area contributed by atoms with Gasteiger partial charge in [-0.05, 0) is 47.3 Å². The monoisotopic (exact) mass is 313 g/mol. The van der Waals surface area contributed by atoms with Crippen molar-refractivity contribution in [2.24, 2.45) is 5.73 Å². The minimum absolute atomic E-state index is 0.339. The van der Waals surface area contributed by atoms with Crippen LogP contribution in [0.2, 0.25) is 0 Å². The number of hydrogen-bond acceptors (Lipinski definition) is 3. The van der Waals surface area contributed by atoms with Gasteiger partial charge in [-0.15, -0.1) is 0 Å². The maximum Gasteiger partial charge on any atom is 0.175 e. The lowest BCUT2D eigenvalue weighted by atomic mass is 9.85. The molecule has 0 fully saturated rings. The Morgan fingerprint density at radius 2 is 1.78 bits per heavy atom. The number of halogens is 1. The quantitative estimate of drug-likeness (QED) is 0.908. The lowest BCUT2D eigenvalue weighted by molar-refractivity contribution is 0.167. The zero-order valence-corrected chi connectivity index (χ0v) is 12.9. The predicted octanol–water partition coefficient (Wildman–Crippen LogP) is 3.54. The summed E-state index contributed by atoms with van der Waals surface area (Å²) in [4.78, 5) is 0. The highest BCUT2D eigenvalue weighted by molar-refractivity contribution is 9.10. The number of hydrogen-bond donors (Lipinski definition) is 1. The predicted molar refractivity (Wildman–Crippen MR) is 76.4 cm³/mol. The molecular weight excluding hydrogens is 294 g/mol. The molecule has 1 aromatic rings. The summed E-state index contributed by atoms with van der Waals surface area (Å²) in [6.45, 7) is 9.50. The zero-order valence-electron chi connectivity index (χ0n) is 11.3. The molecule has 100 valence electrons. The van der Waals surface area contributed by atoms with Crippen molar-refractivity contribution in [3.05, 3.63) is 21.7 Å². The zero-order chi connectivity index (χ0) is 13.5. The van der Waals surface area contributed by atoms with Crippen LogP contribution in [-0.4, -0.2) is 13.2 Å². The second-order valence-corrected chi connectivity index (χ2v) is 6.41. The molecule has 1 heterocycles. The van der Waals surface area contributed by atoms with Crippen LogP contribution in [0, 0.1) is 0 Å². The Bertz CT molecular complexity index is 464. The second kappa shape index (κ2) is 4.74. The molecule has 0 atom stereocenters. The fourth-order valence-corrected chi connectivity index (χ4v) is 2.82. The van der Waals surface area contributed by atoms with Gasteiger partial charge in [-0.2, -0.15) is 0 Å². The molecule has 18 heavy (non-hydrogen) atoms. The molecule has 1 aromatic carbocycles. The van der Waals surface area contributed by atoms with Crippen LogP contribution in [0.15, 0.2) is 10.5 Å². The average Bonchev–Trinajstić information content (AvgIpc) is 2.27. The minimum Gasteiger partial charge on any atom is -0.486 e. The van der Waals surface area contributed by atoms with Gasteiger partial charge in [0.25, 0.3) is 0 Å². The lowest BCUT2D eigenvalue weighted by Crippen LogP contribution is -2.31. The summed E-state index contributed by atoms with van der Waals surface area (Å²) in [5, 5.41) is 0. The van der Waals surface area contributed by atoms with Crippen LogP contribution in [0.1, 0.15) is 44.7 Å². The normalized spacial score (nSPS) is 15.1. The van der Waals surface area contributed by atoms with Crippen molar-refractivity contribution in [3.63, 3.8) is 0 Å². The first-order valence-electron chi connectivity index (χ1n) is 6.23. The van der Waals surface area contributed by atoms with Crippen LogP contribution < -0.4 is 15.2 Å². The lowest BCUT2D eigenvalue weighted by Gasteiger charge is -2.30. The van der Waals surface area contributed by atoms with E-state index in [1.165, 1.54) is 0 Å². The fourth-order valence-electron chi connectivity index (χ4n) is 2.29. The van der Waals surface area contributed by atoms with Gasteiger partial charge in [0.05, 0.1) is 4.47 Å². The summed E-state index contributed by atoms with van der Waals surface area (Å²) in [5.74, 6) is 1.99. The molecule has 2 rings (SSSR count). The SMILES string of the molecule is CC(C)c1c(C(C)(C)N)cc(Br)c2c1OCCO2. The third-order valence-corrected chi connectivity index (χ3v) is 3.67. The Hall–Kier alpha value is -0.740. The summed E-state index contributed by atoms with van der Waals surface area (Å²) in [6, 6.07) is 2.06. The van der Waals surface area contributed by atoms with Crippen LogP contribution in [0.5, 0.6) is 11.5 Å². The van der Waals surface area contributed by atoms with Gasteiger partial charge in [0.2, 0.25) is 0 Å². The highest BCUT2D eigenvalue weighted by atomic mass is 79.9. The summed E-state index contributed by atoms with van der Waals surface area (Å²) >= 11 is 3.55. The molecule has 1 aliphatic rings. The summed E-state index contributed by atoms with van der Waals surface area (Å²) < 4.78 is 12.4. The van der Waals surface area contributed by atoms with E-state index in [-0.39, 0.29) is 0 Å². The van der Waals surface area contributed by atoms with E-state index in [1.807, 2.05) is 13.8 Å². The van der Waals surface area contributed by atoms with Crippen molar-refractivity contribution in [2.45, 2.75) is 39.2 Å². The molecule has 0 bridgehead atoms. The van der Waals surface area contributed by atoms with Crippen molar-refractivity contribution in [2.75, 3.05) is 13.2 Å². The first-order chi connectivity index (χ1) is 8.32. The minimum atomic E-state index is -0.405. The van der Waals surface area contributed by atoms with Gasteiger partial charge in [0, 0.05) is 11.1 Å².